The Morgan fingerprint density at radius 3 is 2.57 bits per heavy atom. The predicted octanol–water partition coefficient (Wildman–Crippen LogP) is 1.84. The molecule has 0 aliphatic rings. The van der Waals surface area contributed by atoms with Gasteiger partial charge < -0.3 is 14.4 Å². The molecule has 7 nitrogen and oxygen atoms in total. The second-order valence-corrected chi connectivity index (χ2v) is 4.92. The number of nitro benzene ring substituents is 1. The van der Waals surface area contributed by atoms with Crippen LogP contribution in [0, 0.1) is 16.0 Å². The average molecular weight is 296 g/mol. The summed E-state index contributed by atoms with van der Waals surface area (Å²) in [7, 11) is 4.65. The van der Waals surface area contributed by atoms with Gasteiger partial charge in [0.25, 0.3) is 5.69 Å². The van der Waals surface area contributed by atoms with Crippen LogP contribution in [0.5, 0.6) is 5.75 Å². The van der Waals surface area contributed by atoms with Crippen LogP contribution in [-0.2, 0) is 16.1 Å². The zero-order valence-electron chi connectivity index (χ0n) is 12.7. The summed E-state index contributed by atoms with van der Waals surface area (Å²) >= 11 is 0. The second-order valence-electron chi connectivity index (χ2n) is 4.92. The fourth-order valence-corrected chi connectivity index (χ4v) is 2.08. The molecular weight excluding hydrogens is 276 g/mol. The van der Waals surface area contributed by atoms with Gasteiger partial charge in [-0.15, -0.1) is 0 Å². The summed E-state index contributed by atoms with van der Waals surface area (Å²) in [6, 6.07) is 4.62. The van der Waals surface area contributed by atoms with Gasteiger partial charge in [0.1, 0.15) is 5.75 Å². The molecule has 1 atom stereocenters. The Morgan fingerprint density at radius 1 is 1.38 bits per heavy atom. The van der Waals surface area contributed by atoms with Crippen molar-refractivity contribution in [1.82, 2.24) is 4.90 Å². The molecule has 0 aromatic heterocycles. The molecule has 21 heavy (non-hydrogen) atoms. The van der Waals surface area contributed by atoms with Gasteiger partial charge in [-0.1, -0.05) is 6.92 Å². The minimum absolute atomic E-state index is 0.0150. The lowest BCUT2D eigenvalue weighted by molar-refractivity contribution is -0.385. The van der Waals surface area contributed by atoms with Crippen molar-refractivity contribution in [3.05, 3.63) is 33.9 Å². The number of carbonyl (C=O) groups is 1. The normalized spacial score (nSPS) is 12.0. The zero-order chi connectivity index (χ0) is 16.0. The second kappa shape index (κ2) is 7.58. The first-order valence-electron chi connectivity index (χ1n) is 6.46. The highest BCUT2D eigenvalue weighted by atomic mass is 16.6. The van der Waals surface area contributed by atoms with E-state index < -0.39 is 4.92 Å². The first-order chi connectivity index (χ1) is 9.87. The molecule has 0 radical (unpaired) electrons. The van der Waals surface area contributed by atoms with Crippen LogP contribution in [0.25, 0.3) is 0 Å². The van der Waals surface area contributed by atoms with Gasteiger partial charge in [-0.2, -0.15) is 0 Å². The third-order valence-electron chi connectivity index (χ3n) is 3.04. The Hall–Kier alpha value is -2.15. The number of esters is 1. The molecule has 7 heteroatoms. The van der Waals surface area contributed by atoms with E-state index in [1.54, 1.807) is 13.0 Å². The maximum Gasteiger partial charge on any atom is 0.309 e. The number of rotatable bonds is 7. The smallest absolute Gasteiger partial charge is 0.309 e. The SMILES string of the molecule is COC(=O)C(C)CN(C)Cc1cc(OC)cc([N+](=O)[O-])c1. The van der Waals surface area contributed by atoms with Gasteiger partial charge in [0, 0.05) is 19.2 Å². The summed E-state index contributed by atoms with van der Waals surface area (Å²) < 4.78 is 9.74. The lowest BCUT2D eigenvalue weighted by Gasteiger charge is -2.20. The third-order valence-corrected chi connectivity index (χ3v) is 3.04. The lowest BCUT2D eigenvalue weighted by atomic mass is 10.1. The van der Waals surface area contributed by atoms with Crippen molar-refractivity contribution in [2.45, 2.75) is 13.5 Å². The number of ether oxygens (including phenoxy) is 2. The van der Waals surface area contributed by atoms with Gasteiger partial charge in [-0.25, -0.2) is 0 Å². The summed E-state index contributed by atoms with van der Waals surface area (Å²) in [4.78, 5) is 23.7. The highest BCUT2D eigenvalue weighted by Crippen LogP contribution is 2.23. The van der Waals surface area contributed by atoms with Gasteiger partial charge >= 0.3 is 5.97 Å². The van der Waals surface area contributed by atoms with Crippen molar-refractivity contribution in [3.8, 4) is 5.75 Å². The van der Waals surface area contributed by atoms with Crippen molar-refractivity contribution < 1.29 is 19.2 Å². The number of carbonyl (C=O) groups excluding carboxylic acids is 1. The van der Waals surface area contributed by atoms with Crippen molar-refractivity contribution in [1.29, 1.82) is 0 Å². The molecule has 0 saturated heterocycles. The molecule has 0 saturated carbocycles. The Balaban J connectivity index is 2.79. The lowest BCUT2D eigenvalue weighted by Crippen LogP contribution is -2.29. The van der Waals surface area contributed by atoms with Crippen molar-refractivity contribution >= 4 is 11.7 Å². The van der Waals surface area contributed by atoms with Crippen LogP contribution in [0.15, 0.2) is 18.2 Å². The minimum atomic E-state index is -0.455. The fourth-order valence-electron chi connectivity index (χ4n) is 2.08. The maximum atomic E-state index is 11.4. The van der Waals surface area contributed by atoms with Crippen LogP contribution in [-0.4, -0.2) is 43.6 Å². The van der Waals surface area contributed by atoms with E-state index in [2.05, 4.69) is 4.74 Å². The zero-order valence-corrected chi connectivity index (χ0v) is 12.7. The topological polar surface area (TPSA) is 81.9 Å². The van der Waals surface area contributed by atoms with Crippen LogP contribution in [0.1, 0.15) is 12.5 Å². The largest absolute Gasteiger partial charge is 0.496 e. The van der Waals surface area contributed by atoms with Crippen LogP contribution in [0.3, 0.4) is 0 Å². The molecule has 0 fully saturated rings. The molecule has 0 bridgehead atoms. The van der Waals surface area contributed by atoms with E-state index >= 15 is 0 Å². The quantitative estimate of drug-likeness (QED) is 0.434. The number of nitro groups is 1. The summed E-state index contributed by atoms with van der Waals surface area (Å²) in [6.07, 6.45) is 0. The van der Waals surface area contributed by atoms with Crippen LogP contribution in [0.4, 0.5) is 5.69 Å². The van der Waals surface area contributed by atoms with Gasteiger partial charge in [-0.3, -0.25) is 14.9 Å². The molecule has 0 heterocycles. The molecule has 0 amide bonds. The molecular formula is C14H20N2O5. The van der Waals surface area contributed by atoms with E-state index in [9.17, 15) is 14.9 Å². The third kappa shape index (κ3) is 5.03. The van der Waals surface area contributed by atoms with E-state index in [4.69, 9.17) is 4.74 Å². The number of methoxy groups -OCH3 is 2. The van der Waals surface area contributed by atoms with Crippen LogP contribution >= 0.6 is 0 Å². The van der Waals surface area contributed by atoms with Crippen molar-refractivity contribution in [3.63, 3.8) is 0 Å². The van der Waals surface area contributed by atoms with Crippen molar-refractivity contribution in [2.75, 3.05) is 27.8 Å². The standard InChI is InChI=1S/C14H20N2O5/c1-10(14(17)21-4)8-15(2)9-11-5-12(16(18)19)7-13(6-11)20-3/h5-7,10H,8-9H2,1-4H3. The van der Waals surface area contributed by atoms with Gasteiger partial charge in [0.15, 0.2) is 0 Å². The van der Waals surface area contributed by atoms with E-state index in [1.165, 1.54) is 26.4 Å². The predicted molar refractivity (Wildman–Crippen MR) is 77.2 cm³/mol. The first kappa shape index (κ1) is 16.9. The average Bonchev–Trinajstić information content (AvgIpc) is 2.45. The molecule has 1 aromatic rings. The highest BCUT2D eigenvalue weighted by molar-refractivity contribution is 5.72. The van der Waals surface area contributed by atoms with E-state index in [0.717, 1.165) is 5.56 Å². The van der Waals surface area contributed by atoms with E-state index in [-0.39, 0.29) is 17.6 Å². The molecule has 1 rings (SSSR count). The number of hydrogen-bond donors (Lipinski definition) is 0. The fraction of sp³-hybridized carbons (Fsp3) is 0.500. The van der Waals surface area contributed by atoms with E-state index in [0.29, 0.717) is 18.8 Å². The van der Waals surface area contributed by atoms with Gasteiger partial charge in [-0.05, 0) is 18.7 Å². The number of hydrogen-bond acceptors (Lipinski definition) is 6. The summed E-state index contributed by atoms with van der Waals surface area (Å²) in [5.74, 6) is -0.104. The number of benzene rings is 1. The monoisotopic (exact) mass is 296 g/mol. The summed E-state index contributed by atoms with van der Waals surface area (Å²) in [6.45, 7) is 2.74. The number of nitrogens with zero attached hydrogens (tertiary/aromatic N) is 2. The molecule has 0 spiro atoms. The molecule has 1 aromatic carbocycles. The Kier molecular flexibility index (Phi) is 6.10. The summed E-state index contributed by atoms with van der Waals surface area (Å²) in [5.41, 5.74) is 0.736. The minimum Gasteiger partial charge on any atom is -0.496 e. The Morgan fingerprint density at radius 2 is 2.05 bits per heavy atom. The molecule has 0 aliphatic heterocycles. The number of non-ortho nitro benzene ring substituents is 1. The molecule has 1 unspecified atom stereocenters. The van der Waals surface area contributed by atoms with Crippen LogP contribution < -0.4 is 4.74 Å². The summed E-state index contributed by atoms with van der Waals surface area (Å²) in [5, 5.41) is 10.9. The molecule has 0 aliphatic carbocycles. The Labute approximate surface area is 123 Å². The molecule has 116 valence electrons. The van der Waals surface area contributed by atoms with Crippen LogP contribution in [0.2, 0.25) is 0 Å². The first-order valence-corrected chi connectivity index (χ1v) is 6.46. The van der Waals surface area contributed by atoms with Gasteiger partial charge in [0.05, 0.1) is 31.1 Å². The van der Waals surface area contributed by atoms with Crippen molar-refractivity contribution in [2.24, 2.45) is 5.92 Å². The molecule has 0 N–H and O–H groups in total. The Bertz CT molecular complexity index is 518. The van der Waals surface area contributed by atoms with Gasteiger partial charge in [0.2, 0.25) is 0 Å². The van der Waals surface area contributed by atoms with E-state index in [1.807, 2.05) is 11.9 Å². The highest BCUT2D eigenvalue weighted by Gasteiger charge is 2.17. The maximum absolute atomic E-state index is 11.4.